The van der Waals surface area contributed by atoms with Gasteiger partial charge in [0.05, 0.1) is 22.6 Å². The van der Waals surface area contributed by atoms with Crippen LogP contribution in [0.25, 0.3) is 5.70 Å². The fourth-order valence-corrected chi connectivity index (χ4v) is 2.61. The van der Waals surface area contributed by atoms with E-state index >= 15 is 0 Å². The molecule has 25 heavy (non-hydrogen) atoms. The van der Waals surface area contributed by atoms with E-state index in [1.165, 1.54) is 6.07 Å². The number of hydrogen-bond donors (Lipinski definition) is 1. The maximum absolute atomic E-state index is 12.9. The van der Waals surface area contributed by atoms with Gasteiger partial charge < -0.3 is 0 Å². The molecular weight excluding hydrogens is 329 g/mol. The third-order valence-corrected chi connectivity index (χ3v) is 3.72. The number of hydrazine groups is 1. The maximum Gasteiger partial charge on any atom is 0.416 e. The Balaban J connectivity index is 1.84. The molecule has 0 atom stereocenters. The average molecular weight is 348 g/mol. The molecule has 0 fully saturated rings. The predicted molar refractivity (Wildman–Crippen MR) is 91.2 cm³/mol. The van der Waals surface area contributed by atoms with Gasteiger partial charge in [0.25, 0.3) is 0 Å². The van der Waals surface area contributed by atoms with Gasteiger partial charge in [-0.25, -0.2) is 0 Å². The molecular formula is C18H19F3N4. The van der Waals surface area contributed by atoms with Gasteiger partial charge in [0.15, 0.2) is 0 Å². The number of anilines is 1. The standard InChI is InChI=1S/C18H19F3N4/c1-13(2)12-25-17(8-9-22-25)16-7-4-10-24(23-16)15-6-3-5-14(11-15)18(19,20)21/h3-11,13,23H,12H2,1-2H3. The molecule has 1 aromatic heterocycles. The second-order valence-electron chi connectivity index (χ2n) is 6.24. The Bertz CT molecular complexity index is 803. The predicted octanol–water partition coefficient (Wildman–Crippen LogP) is 4.44. The summed E-state index contributed by atoms with van der Waals surface area (Å²) in [5.41, 5.74) is 4.53. The minimum absolute atomic E-state index is 0.409. The molecule has 4 nitrogen and oxygen atoms in total. The lowest BCUT2D eigenvalue weighted by Crippen LogP contribution is -2.34. The number of rotatable bonds is 4. The minimum atomic E-state index is -4.37. The molecule has 2 heterocycles. The number of nitrogens with one attached hydrogen (secondary N) is 1. The third-order valence-electron chi connectivity index (χ3n) is 3.72. The fourth-order valence-electron chi connectivity index (χ4n) is 2.61. The second-order valence-corrected chi connectivity index (χ2v) is 6.24. The van der Waals surface area contributed by atoms with E-state index in [9.17, 15) is 13.2 Å². The Morgan fingerprint density at radius 2 is 2.00 bits per heavy atom. The molecule has 1 aliphatic rings. The molecule has 2 aromatic rings. The van der Waals surface area contributed by atoms with Crippen molar-refractivity contribution in [2.75, 3.05) is 5.01 Å². The van der Waals surface area contributed by atoms with E-state index in [-0.39, 0.29) is 0 Å². The molecule has 0 unspecified atom stereocenters. The quantitative estimate of drug-likeness (QED) is 0.887. The van der Waals surface area contributed by atoms with E-state index in [1.807, 2.05) is 16.8 Å². The van der Waals surface area contributed by atoms with Crippen LogP contribution in [0.4, 0.5) is 18.9 Å². The van der Waals surface area contributed by atoms with Gasteiger partial charge in [-0.05, 0) is 42.3 Å². The Morgan fingerprint density at radius 3 is 2.72 bits per heavy atom. The molecule has 0 saturated carbocycles. The highest BCUT2D eigenvalue weighted by molar-refractivity contribution is 5.68. The highest BCUT2D eigenvalue weighted by Crippen LogP contribution is 2.32. The normalized spacial score (nSPS) is 14.6. The van der Waals surface area contributed by atoms with E-state index < -0.39 is 11.7 Å². The van der Waals surface area contributed by atoms with Crippen LogP contribution in [0.3, 0.4) is 0 Å². The van der Waals surface area contributed by atoms with Crippen LogP contribution >= 0.6 is 0 Å². The number of allylic oxidation sites excluding steroid dienone is 2. The Hall–Kier alpha value is -2.70. The molecule has 3 rings (SSSR count). The van der Waals surface area contributed by atoms with Crippen molar-refractivity contribution in [3.63, 3.8) is 0 Å². The van der Waals surface area contributed by atoms with Gasteiger partial charge >= 0.3 is 6.18 Å². The summed E-state index contributed by atoms with van der Waals surface area (Å²) >= 11 is 0. The van der Waals surface area contributed by atoms with Crippen molar-refractivity contribution in [3.05, 3.63) is 66.1 Å². The van der Waals surface area contributed by atoms with Crippen LogP contribution in [0.5, 0.6) is 0 Å². The maximum atomic E-state index is 12.9. The Labute approximate surface area is 144 Å². The SMILES string of the molecule is CC(C)Cn1nccc1C1=CC=CN(c2cccc(C(F)(F)F)c2)N1. The highest BCUT2D eigenvalue weighted by Gasteiger charge is 2.31. The second kappa shape index (κ2) is 6.66. The average Bonchev–Trinajstić information content (AvgIpc) is 3.02. The van der Waals surface area contributed by atoms with Crippen molar-refractivity contribution in [1.82, 2.24) is 15.2 Å². The number of hydrogen-bond acceptors (Lipinski definition) is 3. The van der Waals surface area contributed by atoms with Crippen molar-refractivity contribution >= 4 is 11.4 Å². The van der Waals surface area contributed by atoms with E-state index in [4.69, 9.17) is 0 Å². The zero-order valence-corrected chi connectivity index (χ0v) is 14.0. The smallest absolute Gasteiger partial charge is 0.292 e. The van der Waals surface area contributed by atoms with Crippen LogP contribution in [0.1, 0.15) is 25.1 Å². The molecule has 0 radical (unpaired) electrons. The fraction of sp³-hybridized carbons (Fsp3) is 0.278. The van der Waals surface area contributed by atoms with Crippen molar-refractivity contribution in [2.24, 2.45) is 5.92 Å². The van der Waals surface area contributed by atoms with Gasteiger partial charge in [-0.2, -0.15) is 18.3 Å². The summed E-state index contributed by atoms with van der Waals surface area (Å²) in [6.07, 6.45) is 2.69. The summed E-state index contributed by atoms with van der Waals surface area (Å²) in [7, 11) is 0. The van der Waals surface area contributed by atoms with E-state index in [0.717, 1.165) is 30.1 Å². The molecule has 0 amide bonds. The third kappa shape index (κ3) is 3.87. The number of halogens is 3. The number of benzene rings is 1. The Morgan fingerprint density at radius 1 is 1.20 bits per heavy atom. The van der Waals surface area contributed by atoms with Gasteiger partial charge in [-0.1, -0.05) is 19.9 Å². The monoisotopic (exact) mass is 348 g/mol. The molecule has 7 heteroatoms. The van der Waals surface area contributed by atoms with Gasteiger partial charge in [0, 0.05) is 18.9 Å². The zero-order valence-electron chi connectivity index (χ0n) is 14.0. The van der Waals surface area contributed by atoms with Gasteiger partial charge in [0.2, 0.25) is 0 Å². The molecule has 0 bridgehead atoms. The molecule has 1 aromatic carbocycles. The lowest BCUT2D eigenvalue weighted by Gasteiger charge is -2.27. The minimum Gasteiger partial charge on any atom is -0.292 e. The van der Waals surface area contributed by atoms with Crippen LogP contribution < -0.4 is 10.4 Å². The summed E-state index contributed by atoms with van der Waals surface area (Å²) in [5, 5.41) is 5.89. The molecule has 0 spiro atoms. The van der Waals surface area contributed by atoms with Crippen LogP contribution in [-0.2, 0) is 12.7 Å². The van der Waals surface area contributed by atoms with Gasteiger partial charge in [0.1, 0.15) is 0 Å². The van der Waals surface area contributed by atoms with Crippen LogP contribution in [0.15, 0.2) is 54.9 Å². The topological polar surface area (TPSA) is 33.1 Å². The summed E-state index contributed by atoms with van der Waals surface area (Å²) in [5.74, 6) is 0.429. The zero-order chi connectivity index (χ0) is 18.0. The summed E-state index contributed by atoms with van der Waals surface area (Å²) in [6.45, 7) is 4.96. The molecule has 1 aliphatic heterocycles. The number of nitrogens with zero attached hydrogens (tertiary/aromatic N) is 3. The lowest BCUT2D eigenvalue weighted by atomic mass is 10.2. The van der Waals surface area contributed by atoms with Gasteiger partial charge in [-0.3, -0.25) is 15.1 Å². The van der Waals surface area contributed by atoms with Crippen LogP contribution in [0.2, 0.25) is 0 Å². The first-order valence-electron chi connectivity index (χ1n) is 7.98. The van der Waals surface area contributed by atoms with E-state index in [1.54, 1.807) is 29.5 Å². The number of aromatic nitrogens is 2. The van der Waals surface area contributed by atoms with Crippen molar-refractivity contribution in [2.45, 2.75) is 26.6 Å². The van der Waals surface area contributed by atoms with Gasteiger partial charge in [-0.15, -0.1) is 0 Å². The Kier molecular flexibility index (Phi) is 4.57. The first-order chi connectivity index (χ1) is 11.8. The summed E-state index contributed by atoms with van der Waals surface area (Å²) < 4.78 is 40.7. The van der Waals surface area contributed by atoms with Crippen molar-refractivity contribution in [3.8, 4) is 0 Å². The first kappa shape index (κ1) is 17.1. The van der Waals surface area contributed by atoms with Crippen LogP contribution in [0, 0.1) is 5.92 Å². The van der Waals surface area contributed by atoms with E-state index in [0.29, 0.717) is 11.6 Å². The molecule has 1 N–H and O–H groups in total. The molecule has 132 valence electrons. The molecule has 0 aliphatic carbocycles. The van der Waals surface area contributed by atoms with Crippen molar-refractivity contribution < 1.29 is 13.2 Å². The summed E-state index contributed by atoms with van der Waals surface area (Å²) in [6, 6.07) is 7.08. The number of alkyl halides is 3. The first-order valence-corrected chi connectivity index (χ1v) is 7.98. The highest BCUT2D eigenvalue weighted by atomic mass is 19.4. The van der Waals surface area contributed by atoms with Crippen molar-refractivity contribution in [1.29, 1.82) is 0 Å². The van der Waals surface area contributed by atoms with Crippen LogP contribution in [-0.4, -0.2) is 9.78 Å². The molecule has 0 saturated heterocycles. The largest absolute Gasteiger partial charge is 0.416 e. The summed E-state index contributed by atoms with van der Waals surface area (Å²) in [4.78, 5) is 0. The van der Waals surface area contributed by atoms with E-state index in [2.05, 4.69) is 24.4 Å². The lowest BCUT2D eigenvalue weighted by molar-refractivity contribution is -0.137.